The van der Waals surface area contributed by atoms with Crippen molar-refractivity contribution in [3.8, 4) is 0 Å². The molecule has 0 bridgehead atoms. The van der Waals surface area contributed by atoms with Gasteiger partial charge in [-0.1, -0.05) is 20.8 Å². The molecular weight excluding hydrogens is 258 g/mol. The van der Waals surface area contributed by atoms with Crippen LogP contribution in [-0.2, 0) is 16.1 Å². The number of amides is 1. The number of aryl methyl sites for hydroxylation is 1. The zero-order chi connectivity index (χ0) is 15.2. The number of aromatic nitrogens is 2. The van der Waals surface area contributed by atoms with Gasteiger partial charge in [-0.2, -0.15) is 0 Å². The van der Waals surface area contributed by atoms with Gasteiger partial charge in [-0.25, -0.2) is 4.98 Å². The molecule has 6 nitrogen and oxygen atoms in total. The zero-order valence-corrected chi connectivity index (χ0v) is 12.3. The number of hydrogen-bond donors (Lipinski definition) is 2. The Bertz CT molecular complexity index is 435. The topological polar surface area (TPSA) is 84.2 Å². The summed E-state index contributed by atoms with van der Waals surface area (Å²) in [5.74, 6) is -1.55. The molecule has 0 saturated carbocycles. The first-order chi connectivity index (χ1) is 9.28. The summed E-state index contributed by atoms with van der Waals surface area (Å²) in [6, 6.07) is 0. The van der Waals surface area contributed by atoms with Gasteiger partial charge in [-0.3, -0.25) is 9.59 Å². The van der Waals surface area contributed by atoms with Crippen LogP contribution < -0.4 is 5.32 Å². The molecule has 0 aliphatic heterocycles. The smallest absolute Gasteiger partial charge is 0.308 e. The highest BCUT2D eigenvalue weighted by Crippen LogP contribution is 2.24. The normalized spacial score (nSPS) is 12.9. The van der Waals surface area contributed by atoms with Crippen molar-refractivity contribution < 1.29 is 14.7 Å². The largest absolute Gasteiger partial charge is 0.481 e. The van der Waals surface area contributed by atoms with Gasteiger partial charge in [0, 0.05) is 31.9 Å². The molecule has 6 heteroatoms. The number of carbonyl (C=O) groups is 2. The van der Waals surface area contributed by atoms with Gasteiger partial charge < -0.3 is 15.0 Å². The maximum absolute atomic E-state index is 11.7. The lowest BCUT2D eigenvalue weighted by molar-refractivity contribution is -0.142. The zero-order valence-electron chi connectivity index (χ0n) is 12.3. The Balaban J connectivity index is 2.35. The highest BCUT2D eigenvalue weighted by molar-refractivity contribution is 5.77. The number of aliphatic carboxylic acids is 1. The summed E-state index contributed by atoms with van der Waals surface area (Å²) >= 11 is 0. The van der Waals surface area contributed by atoms with E-state index >= 15 is 0 Å². The minimum absolute atomic E-state index is 0.0788. The van der Waals surface area contributed by atoms with Gasteiger partial charge in [0.2, 0.25) is 5.91 Å². The first-order valence-electron chi connectivity index (χ1n) is 6.73. The van der Waals surface area contributed by atoms with Gasteiger partial charge >= 0.3 is 5.97 Å². The van der Waals surface area contributed by atoms with E-state index in [0.717, 1.165) is 0 Å². The maximum atomic E-state index is 11.7. The van der Waals surface area contributed by atoms with Gasteiger partial charge in [0.05, 0.1) is 12.2 Å². The van der Waals surface area contributed by atoms with E-state index in [-0.39, 0.29) is 17.9 Å². The lowest BCUT2D eigenvalue weighted by atomic mass is 9.84. The van der Waals surface area contributed by atoms with Crippen LogP contribution >= 0.6 is 0 Å². The number of rotatable bonds is 7. The summed E-state index contributed by atoms with van der Waals surface area (Å²) in [6.45, 7) is 6.69. The van der Waals surface area contributed by atoms with Crippen molar-refractivity contribution in [1.29, 1.82) is 0 Å². The van der Waals surface area contributed by atoms with Crippen molar-refractivity contribution in [3.63, 3.8) is 0 Å². The van der Waals surface area contributed by atoms with Crippen LogP contribution in [0, 0.1) is 11.3 Å². The number of carboxylic acids is 1. The predicted molar refractivity (Wildman–Crippen MR) is 75.1 cm³/mol. The van der Waals surface area contributed by atoms with E-state index in [0.29, 0.717) is 19.4 Å². The van der Waals surface area contributed by atoms with Crippen LogP contribution in [0.15, 0.2) is 18.7 Å². The third kappa shape index (κ3) is 6.36. The van der Waals surface area contributed by atoms with E-state index in [4.69, 9.17) is 5.11 Å². The minimum atomic E-state index is -0.866. The van der Waals surface area contributed by atoms with Crippen molar-refractivity contribution >= 4 is 11.9 Å². The van der Waals surface area contributed by atoms with Gasteiger partial charge in [0.1, 0.15) is 0 Å². The van der Waals surface area contributed by atoms with Gasteiger partial charge in [0.25, 0.3) is 0 Å². The molecule has 0 aliphatic rings. The van der Waals surface area contributed by atoms with E-state index < -0.39 is 11.9 Å². The van der Waals surface area contributed by atoms with Crippen LogP contribution in [-0.4, -0.2) is 33.1 Å². The molecule has 1 aromatic heterocycles. The molecule has 1 aromatic rings. The number of nitrogens with zero attached hydrogens (tertiary/aromatic N) is 2. The predicted octanol–water partition coefficient (Wildman–Crippen LogP) is 1.53. The molecule has 0 aromatic carbocycles. The Morgan fingerprint density at radius 3 is 2.60 bits per heavy atom. The number of hydrogen-bond acceptors (Lipinski definition) is 3. The lowest BCUT2D eigenvalue weighted by Crippen LogP contribution is -2.35. The highest BCUT2D eigenvalue weighted by atomic mass is 16.4. The fourth-order valence-electron chi connectivity index (χ4n) is 1.96. The summed E-state index contributed by atoms with van der Waals surface area (Å²) in [7, 11) is 0. The Morgan fingerprint density at radius 1 is 1.40 bits per heavy atom. The standard InChI is InChI=1S/C14H23N3O3/c1-14(2,3)8-11(13(19)20)9-16-12(18)4-6-17-7-5-15-10-17/h5,7,10-11H,4,6,8-9H2,1-3H3,(H,16,18)(H,19,20). The monoisotopic (exact) mass is 281 g/mol. The molecule has 1 heterocycles. The SMILES string of the molecule is CC(C)(C)CC(CNC(=O)CCn1ccnc1)C(=O)O. The van der Waals surface area contributed by atoms with E-state index in [1.54, 1.807) is 18.7 Å². The molecule has 0 aliphatic carbocycles. The van der Waals surface area contributed by atoms with Crippen LogP contribution in [0.2, 0.25) is 0 Å². The quantitative estimate of drug-likeness (QED) is 0.793. The molecule has 20 heavy (non-hydrogen) atoms. The molecule has 1 rings (SSSR count). The molecule has 0 fully saturated rings. The van der Waals surface area contributed by atoms with E-state index in [1.807, 2.05) is 25.3 Å². The summed E-state index contributed by atoms with van der Waals surface area (Å²) in [5, 5.41) is 11.9. The average Bonchev–Trinajstić information content (AvgIpc) is 2.83. The van der Waals surface area contributed by atoms with E-state index in [2.05, 4.69) is 10.3 Å². The van der Waals surface area contributed by atoms with Gasteiger partial charge in [0.15, 0.2) is 0 Å². The third-order valence-electron chi connectivity index (χ3n) is 2.91. The Kier molecular flexibility index (Phi) is 5.73. The highest BCUT2D eigenvalue weighted by Gasteiger charge is 2.24. The van der Waals surface area contributed by atoms with Crippen molar-refractivity contribution in [1.82, 2.24) is 14.9 Å². The number of nitrogens with one attached hydrogen (secondary N) is 1. The first kappa shape index (κ1) is 16.2. The molecule has 1 unspecified atom stereocenters. The van der Waals surface area contributed by atoms with Crippen molar-refractivity contribution in [3.05, 3.63) is 18.7 Å². The molecule has 0 spiro atoms. The fourth-order valence-corrected chi connectivity index (χ4v) is 1.96. The Labute approximate surface area is 119 Å². The van der Waals surface area contributed by atoms with Crippen LogP contribution in [0.4, 0.5) is 0 Å². The third-order valence-corrected chi connectivity index (χ3v) is 2.91. The lowest BCUT2D eigenvalue weighted by Gasteiger charge is -2.23. The number of imidazole rings is 1. The summed E-state index contributed by atoms with van der Waals surface area (Å²) in [5.41, 5.74) is -0.0788. The molecule has 112 valence electrons. The summed E-state index contributed by atoms with van der Waals surface area (Å²) < 4.78 is 1.81. The Morgan fingerprint density at radius 2 is 2.10 bits per heavy atom. The second-order valence-electron chi connectivity index (χ2n) is 6.15. The van der Waals surface area contributed by atoms with Crippen molar-refractivity contribution in [2.24, 2.45) is 11.3 Å². The second-order valence-corrected chi connectivity index (χ2v) is 6.15. The maximum Gasteiger partial charge on any atom is 0.308 e. The Hall–Kier alpha value is -1.85. The van der Waals surface area contributed by atoms with Crippen LogP contribution in [0.3, 0.4) is 0 Å². The van der Waals surface area contributed by atoms with E-state index in [9.17, 15) is 9.59 Å². The molecule has 1 atom stereocenters. The molecule has 1 amide bonds. The first-order valence-corrected chi connectivity index (χ1v) is 6.73. The van der Waals surface area contributed by atoms with Crippen molar-refractivity contribution in [2.75, 3.05) is 6.54 Å². The molecule has 0 saturated heterocycles. The van der Waals surface area contributed by atoms with Gasteiger partial charge in [-0.05, 0) is 11.8 Å². The fraction of sp³-hybridized carbons (Fsp3) is 0.643. The average molecular weight is 281 g/mol. The van der Waals surface area contributed by atoms with Crippen molar-refractivity contribution in [2.45, 2.75) is 40.2 Å². The van der Waals surface area contributed by atoms with E-state index in [1.165, 1.54) is 0 Å². The summed E-state index contributed by atoms with van der Waals surface area (Å²) in [6.07, 6.45) is 5.93. The van der Waals surface area contributed by atoms with Gasteiger partial charge in [-0.15, -0.1) is 0 Å². The molecule has 2 N–H and O–H groups in total. The second kappa shape index (κ2) is 7.07. The molecule has 0 radical (unpaired) electrons. The van der Waals surface area contributed by atoms with Crippen LogP contribution in [0.5, 0.6) is 0 Å². The number of carboxylic acid groups (broad SMARTS) is 1. The number of carbonyl (C=O) groups excluding carboxylic acids is 1. The summed E-state index contributed by atoms with van der Waals surface area (Å²) in [4.78, 5) is 26.8. The van der Waals surface area contributed by atoms with Crippen LogP contribution in [0.1, 0.15) is 33.6 Å². The van der Waals surface area contributed by atoms with Crippen LogP contribution in [0.25, 0.3) is 0 Å². The molecular formula is C14H23N3O3. The minimum Gasteiger partial charge on any atom is -0.481 e.